The van der Waals surface area contributed by atoms with Gasteiger partial charge in [0.25, 0.3) is 0 Å². The first kappa shape index (κ1) is 33.9. The van der Waals surface area contributed by atoms with Crippen LogP contribution in [0.3, 0.4) is 0 Å². The van der Waals surface area contributed by atoms with E-state index in [0.29, 0.717) is 41.7 Å². The second-order valence-corrected chi connectivity index (χ2v) is 17.9. The van der Waals surface area contributed by atoms with Gasteiger partial charge in [-0.2, -0.15) is 0 Å². The van der Waals surface area contributed by atoms with Gasteiger partial charge < -0.3 is 14.8 Å². The molecule has 1 unspecified atom stereocenters. The summed E-state index contributed by atoms with van der Waals surface area (Å²) in [4.78, 5) is 14.3. The average molecular weight is 649 g/mol. The summed E-state index contributed by atoms with van der Waals surface area (Å²) in [5.41, 5.74) is 5.60. The third kappa shape index (κ3) is 4.80. The molecule has 0 spiro atoms. The standard InChI is InChI=1S/C43H57BO4/c1-28(2)32-19-24-43(38(45)48-27-29-11-9-8-10-12-29)26-25-41(6)34(37(32)43)17-18-36-40(5)22-20-33(30-13-15-31(16-14-30)44(46)47)39(3,4)35(40)21-23-42(36,41)7/h8-16,20,32,34-37,46-47H,1,17-19,21-27H2,2-7H3/t32-,34?,35-,36+,37+,40-,41+,42+,43-/m0/s1. The molecule has 4 nitrogen and oxygen atoms in total. The van der Waals surface area contributed by atoms with Crippen molar-refractivity contribution in [1.82, 2.24) is 0 Å². The van der Waals surface area contributed by atoms with Gasteiger partial charge in [0.1, 0.15) is 6.61 Å². The Kier molecular flexibility index (Phi) is 8.27. The van der Waals surface area contributed by atoms with Crippen molar-refractivity contribution >= 4 is 24.1 Å². The van der Waals surface area contributed by atoms with E-state index in [1.807, 2.05) is 42.5 Å². The van der Waals surface area contributed by atoms with Crippen LogP contribution in [0.15, 0.2) is 72.8 Å². The maximum atomic E-state index is 14.3. The van der Waals surface area contributed by atoms with Crippen molar-refractivity contribution in [3.8, 4) is 0 Å². The van der Waals surface area contributed by atoms with Gasteiger partial charge in [-0.15, -0.1) is 0 Å². The van der Waals surface area contributed by atoms with Crippen molar-refractivity contribution in [2.45, 2.75) is 106 Å². The van der Waals surface area contributed by atoms with Crippen LogP contribution in [0.5, 0.6) is 0 Å². The number of fused-ring (bicyclic) bond motifs is 7. The molecule has 2 aromatic rings. The molecule has 0 aliphatic heterocycles. The van der Waals surface area contributed by atoms with Crippen LogP contribution in [0.4, 0.5) is 0 Å². The number of esters is 1. The second-order valence-electron chi connectivity index (χ2n) is 17.9. The lowest BCUT2D eigenvalue weighted by Crippen LogP contribution is -2.66. The van der Waals surface area contributed by atoms with E-state index in [1.165, 1.54) is 42.4 Å². The smallest absolute Gasteiger partial charge is 0.460 e. The molecule has 4 saturated carbocycles. The second kappa shape index (κ2) is 11.7. The molecule has 0 amide bonds. The van der Waals surface area contributed by atoms with Gasteiger partial charge in [-0.25, -0.2) is 0 Å². The molecule has 2 aromatic carbocycles. The van der Waals surface area contributed by atoms with Gasteiger partial charge in [0.2, 0.25) is 0 Å². The Morgan fingerprint density at radius 3 is 2.23 bits per heavy atom. The van der Waals surface area contributed by atoms with Gasteiger partial charge in [0.05, 0.1) is 5.41 Å². The summed E-state index contributed by atoms with van der Waals surface area (Å²) in [6.07, 6.45) is 12.5. The Bertz CT molecular complexity index is 1590. The maximum absolute atomic E-state index is 14.3. The lowest BCUT2D eigenvalue weighted by molar-refractivity contribution is -0.229. The van der Waals surface area contributed by atoms with Gasteiger partial charge >= 0.3 is 13.1 Å². The topological polar surface area (TPSA) is 66.8 Å². The summed E-state index contributed by atoms with van der Waals surface area (Å²) in [6.45, 7) is 19.9. The fraction of sp³-hybridized carbons (Fsp3) is 0.605. The molecule has 0 radical (unpaired) electrons. The number of rotatable bonds is 6. The van der Waals surface area contributed by atoms with Crippen LogP contribution in [-0.2, 0) is 16.1 Å². The molecular weight excluding hydrogens is 591 g/mol. The summed E-state index contributed by atoms with van der Waals surface area (Å²) < 4.78 is 6.22. The lowest BCUT2D eigenvalue weighted by Gasteiger charge is -2.72. The minimum Gasteiger partial charge on any atom is -0.460 e. The van der Waals surface area contributed by atoms with E-state index in [0.717, 1.165) is 37.7 Å². The molecular formula is C43H57BO4. The Labute approximate surface area is 289 Å². The summed E-state index contributed by atoms with van der Waals surface area (Å²) >= 11 is 0. The quantitative estimate of drug-likeness (QED) is 0.187. The molecule has 0 aromatic heterocycles. The number of allylic oxidation sites excluding steroid dienone is 3. The highest BCUT2D eigenvalue weighted by molar-refractivity contribution is 6.58. The highest BCUT2D eigenvalue weighted by Gasteiger charge is 2.71. The molecule has 256 valence electrons. The van der Waals surface area contributed by atoms with Gasteiger partial charge in [-0.1, -0.05) is 107 Å². The molecule has 48 heavy (non-hydrogen) atoms. The van der Waals surface area contributed by atoms with Crippen LogP contribution in [0.2, 0.25) is 0 Å². The van der Waals surface area contributed by atoms with E-state index in [-0.39, 0.29) is 27.6 Å². The fourth-order valence-corrected chi connectivity index (χ4v) is 13.3. The SMILES string of the molecule is C=C(C)[C@@H]1CC[C@]2(C(=O)OCc3ccccc3)CC[C@]3(C)C(CC[C@@H]4[C@@]5(C)CC=C(c6ccc(B(O)O)cc6)C(C)(C)[C@@H]5CC[C@]43C)[C@@H]12. The van der Waals surface area contributed by atoms with E-state index in [9.17, 15) is 14.8 Å². The molecule has 4 fully saturated rings. The van der Waals surface area contributed by atoms with E-state index in [2.05, 4.69) is 66.3 Å². The van der Waals surface area contributed by atoms with Gasteiger partial charge in [-0.3, -0.25) is 4.79 Å². The third-order valence-electron chi connectivity index (χ3n) is 15.8. The summed E-state index contributed by atoms with van der Waals surface area (Å²) in [5, 5.41) is 19.3. The monoisotopic (exact) mass is 648 g/mol. The molecule has 0 saturated heterocycles. The molecule has 2 N–H and O–H groups in total. The fourth-order valence-electron chi connectivity index (χ4n) is 13.3. The average Bonchev–Trinajstić information content (AvgIpc) is 3.46. The van der Waals surface area contributed by atoms with Crippen LogP contribution >= 0.6 is 0 Å². The third-order valence-corrected chi connectivity index (χ3v) is 15.8. The first-order chi connectivity index (χ1) is 22.7. The van der Waals surface area contributed by atoms with Crippen molar-refractivity contribution in [2.24, 2.45) is 56.7 Å². The number of benzene rings is 2. The van der Waals surface area contributed by atoms with Gasteiger partial charge in [0.15, 0.2) is 0 Å². The molecule has 7 rings (SSSR count). The molecule has 5 aliphatic rings. The minimum atomic E-state index is -1.44. The maximum Gasteiger partial charge on any atom is 0.488 e. The molecule has 5 aliphatic carbocycles. The zero-order valence-corrected chi connectivity index (χ0v) is 30.2. The Hall–Kier alpha value is -2.63. The number of carbonyl (C=O) groups excluding carboxylic acids is 1. The van der Waals surface area contributed by atoms with Gasteiger partial charge in [0, 0.05) is 0 Å². The van der Waals surface area contributed by atoms with E-state index >= 15 is 0 Å². The number of hydrogen-bond acceptors (Lipinski definition) is 4. The summed E-state index contributed by atoms with van der Waals surface area (Å²) in [6, 6.07) is 18.0. The van der Waals surface area contributed by atoms with Crippen molar-refractivity contribution < 1.29 is 19.6 Å². The van der Waals surface area contributed by atoms with Gasteiger partial charge in [-0.05, 0) is 138 Å². The van der Waals surface area contributed by atoms with Crippen LogP contribution in [-0.4, -0.2) is 23.1 Å². The van der Waals surface area contributed by atoms with E-state index in [4.69, 9.17) is 4.74 Å². The van der Waals surface area contributed by atoms with Crippen LogP contribution in [0.25, 0.3) is 5.57 Å². The summed E-state index contributed by atoms with van der Waals surface area (Å²) in [5.74, 6) is 2.40. The Morgan fingerprint density at radius 2 is 1.56 bits per heavy atom. The Balaban J connectivity index is 1.20. The zero-order valence-electron chi connectivity index (χ0n) is 30.2. The first-order valence-electron chi connectivity index (χ1n) is 18.7. The zero-order chi connectivity index (χ0) is 34.3. The first-order valence-corrected chi connectivity index (χ1v) is 18.7. The van der Waals surface area contributed by atoms with Crippen molar-refractivity contribution in [1.29, 1.82) is 0 Å². The van der Waals surface area contributed by atoms with Crippen LogP contribution < -0.4 is 5.46 Å². The largest absolute Gasteiger partial charge is 0.488 e. The van der Waals surface area contributed by atoms with Crippen molar-refractivity contribution in [2.75, 3.05) is 0 Å². The van der Waals surface area contributed by atoms with E-state index < -0.39 is 12.5 Å². The highest BCUT2D eigenvalue weighted by Crippen LogP contribution is 2.77. The normalized spacial score (nSPS) is 39.6. The minimum absolute atomic E-state index is 0.00611. The summed E-state index contributed by atoms with van der Waals surface area (Å²) in [7, 11) is -1.44. The predicted octanol–water partition coefficient (Wildman–Crippen LogP) is 8.76. The number of hydrogen-bond donors (Lipinski definition) is 2. The molecule has 9 atom stereocenters. The Morgan fingerprint density at radius 1 is 0.854 bits per heavy atom. The van der Waals surface area contributed by atoms with Crippen molar-refractivity contribution in [3.05, 3.63) is 84.0 Å². The predicted molar refractivity (Wildman–Crippen MR) is 195 cm³/mol. The van der Waals surface area contributed by atoms with Crippen LogP contribution in [0.1, 0.15) is 110 Å². The molecule has 0 bridgehead atoms. The number of carbonyl (C=O) groups is 1. The molecule has 5 heteroatoms. The molecule has 0 heterocycles. The number of ether oxygens (including phenoxy) is 1. The van der Waals surface area contributed by atoms with E-state index in [1.54, 1.807) is 0 Å². The van der Waals surface area contributed by atoms with Crippen LogP contribution in [0, 0.1) is 56.7 Å². The van der Waals surface area contributed by atoms with Crippen molar-refractivity contribution in [3.63, 3.8) is 0 Å². The highest BCUT2D eigenvalue weighted by atomic mass is 16.5. The lowest BCUT2D eigenvalue weighted by atomic mass is 9.32.